The Labute approximate surface area is 122 Å². The lowest BCUT2D eigenvalue weighted by atomic mass is 10.1. The standard InChI is InChI=1S/C15H14N4S/c16-8-12-7-11(9-19-13-2-3-13)1-4-14(12)20-15-10-17-5-6-18-15/h1,4-7,10,13,19H,2-3,9H2. The second kappa shape index (κ2) is 6.04. The van der Waals surface area contributed by atoms with Gasteiger partial charge in [-0.05, 0) is 30.5 Å². The number of hydrogen-bond acceptors (Lipinski definition) is 5. The predicted molar refractivity (Wildman–Crippen MR) is 77.2 cm³/mol. The van der Waals surface area contributed by atoms with Crippen LogP contribution in [0.25, 0.3) is 0 Å². The van der Waals surface area contributed by atoms with Crippen molar-refractivity contribution in [3.05, 3.63) is 47.9 Å². The van der Waals surface area contributed by atoms with Crippen molar-refractivity contribution in [1.29, 1.82) is 5.26 Å². The zero-order chi connectivity index (χ0) is 13.8. The number of nitrogens with zero attached hydrogens (tertiary/aromatic N) is 3. The molecule has 1 heterocycles. The smallest absolute Gasteiger partial charge is 0.119 e. The second-order valence-corrected chi connectivity index (χ2v) is 5.81. The predicted octanol–water partition coefficient (Wildman–Crippen LogP) is 2.75. The van der Waals surface area contributed by atoms with Crippen molar-refractivity contribution in [2.75, 3.05) is 0 Å². The summed E-state index contributed by atoms with van der Waals surface area (Å²) in [5, 5.41) is 13.5. The largest absolute Gasteiger partial charge is 0.310 e. The fraction of sp³-hybridized carbons (Fsp3) is 0.267. The van der Waals surface area contributed by atoms with Crippen LogP contribution in [0, 0.1) is 11.3 Å². The lowest BCUT2D eigenvalue weighted by molar-refractivity contribution is 0.687. The molecule has 0 unspecified atom stereocenters. The number of benzene rings is 1. The van der Waals surface area contributed by atoms with E-state index in [4.69, 9.17) is 0 Å². The van der Waals surface area contributed by atoms with Gasteiger partial charge in [0.1, 0.15) is 11.1 Å². The van der Waals surface area contributed by atoms with Gasteiger partial charge in [0.2, 0.25) is 0 Å². The Hall–Kier alpha value is -1.90. The van der Waals surface area contributed by atoms with Crippen LogP contribution in [0.5, 0.6) is 0 Å². The van der Waals surface area contributed by atoms with Gasteiger partial charge < -0.3 is 5.32 Å². The highest BCUT2D eigenvalue weighted by Crippen LogP contribution is 2.29. The number of rotatable bonds is 5. The maximum Gasteiger partial charge on any atom is 0.119 e. The first-order chi connectivity index (χ1) is 9.85. The van der Waals surface area contributed by atoms with Crippen molar-refractivity contribution in [2.45, 2.75) is 35.3 Å². The number of hydrogen-bond donors (Lipinski definition) is 1. The molecule has 5 heteroatoms. The molecule has 0 saturated heterocycles. The number of aromatic nitrogens is 2. The highest BCUT2D eigenvalue weighted by Gasteiger charge is 2.20. The SMILES string of the molecule is N#Cc1cc(CNC2CC2)ccc1Sc1cnccn1. The quantitative estimate of drug-likeness (QED) is 0.913. The zero-order valence-corrected chi connectivity index (χ0v) is 11.7. The lowest BCUT2D eigenvalue weighted by Gasteiger charge is -2.07. The first-order valence-electron chi connectivity index (χ1n) is 6.55. The molecule has 0 bridgehead atoms. The fourth-order valence-corrected chi connectivity index (χ4v) is 2.67. The van der Waals surface area contributed by atoms with E-state index in [-0.39, 0.29) is 0 Å². The van der Waals surface area contributed by atoms with Crippen LogP contribution in [0.1, 0.15) is 24.0 Å². The Morgan fingerprint density at radius 3 is 2.95 bits per heavy atom. The van der Waals surface area contributed by atoms with Gasteiger partial charge in [-0.2, -0.15) is 5.26 Å². The van der Waals surface area contributed by atoms with Gasteiger partial charge in [0.05, 0.1) is 11.8 Å². The Bertz CT molecular complexity index is 632. The molecular formula is C15H14N4S. The van der Waals surface area contributed by atoms with Gasteiger partial charge in [-0.3, -0.25) is 4.98 Å². The maximum atomic E-state index is 9.29. The molecule has 1 aromatic carbocycles. The van der Waals surface area contributed by atoms with E-state index in [1.807, 2.05) is 12.1 Å². The molecule has 1 aromatic heterocycles. The fourth-order valence-electron chi connectivity index (χ4n) is 1.86. The van der Waals surface area contributed by atoms with E-state index in [0.29, 0.717) is 11.6 Å². The monoisotopic (exact) mass is 282 g/mol. The molecule has 4 nitrogen and oxygen atoms in total. The molecule has 20 heavy (non-hydrogen) atoms. The minimum absolute atomic E-state index is 0.675. The van der Waals surface area contributed by atoms with E-state index in [1.165, 1.54) is 24.6 Å². The average Bonchev–Trinajstić information content (AvgIpc) is 3.31. The van der Waals surface area contributed by atoms with Crippen LogP contribution in [0.3, 0.4) is 0 Å². The van der Waals surface area contributed by atoms with Crippen LogP contribution in [-0.2, 0) is 6.54 Å². The lowest BCUT2D eigenvalue weighted by Crippen LogP contribution is -2.15. The van der Waals surface area contributed by atoms with E-state index in [0.717, 1.165) is 22.0 Å². The summed E-state index contributed by atoms with van der Waals surface area (Å²) in [6.45, 7) is 0.829. The first kappa shape index (κ1) is 13.1. The summed E-state index contributed by atoms with van der Waals surface area (Å²) < 4.78 is 0. The van der Waals surface area contributed by atoms with Crippen LogP contribution in [0.15, 0.2) is 46.7 Å². The topological polar surface area (TPSA) is 61.6 Å². The molecular weight excluding hydrogens is 268 g/mol. The van der Waals surface area contributed by atoms with Gasteiger partial charge in [0.15, 0.2) is 0 Å². The molecule has 2 aromatic rings. The van der Waals surface area contributed by atoms with Crippen molar-refractivity contribution in [1.82, 2.24) is 15.3 Å². The van der Waals surface area contributed by atoms with Gasteiger partial charge in [-0.1, -0.05) is 17.8 Å². The molecule has 1 aliphatic carbocycles. The van der Waals surface area contributed by atoms with E-state index in [2.05, 4.69) is 27.4 Å². The number of nitrogens with one attached hydrogen (secondary N) is 1. The summed E-state index contributed by atoms with van der Waals surface area (Å²) >= 11 is 1.47. The summed E-state index contributed by atoms with van der Waals surface area (Å²) in [4.78, 5) is 9.17. The van der Waals surface area contributed by atoms with E-state index in [1.54, 1.807) is 18.6 Å². The van der Waals surface area contributed by atoms with Crippen molar-refractivity contribution < 1.29 is 0 Å². The second-order valence-electron chi connectivity index (χ2n) is 4.74. The molecule has 0 atom stereocenters. The van der Waals surface area contributed by atoms with E-state index < -0.39 is 0 Å². The van der Waals surface area contributed by atoms with Crippen molar-refractivity contribution >= 4 is 11.8 Å². The average molecular weight is 282 g/mol. The summed E-state index contributed by atoms with van der Waals surface area (Å²) in [6, 6.07) is 8.94. The van der Waals surface area contributed by atoms with Gasteiger partial charge in [-0.15, -0.1) is 0 Å². The zero-order valence-electron chi connectivity index (χ0n) is 10.9. The Morgan fingerprint density at radius 2 is 2.25 bits per heavy atom. The van der Waals surface area contributed by atoms with Gasteiger partial charge in [0, 0.05) is 29.9 Å². The van der Waals surface area contributed by atoms with Gasteiger partial charge >= 0.3 is 0 Å². The number of nitriles is 1. The van der Waals surface area contributed by atoms with Crippen molar-refractivity contribution in [2.24, 2.45) is 0 Å². The summed E-state index contributed by atoms with van der Waals surface area (Å²) in [7, 11) is 0. The third-order valence-corrected chi connectivity index (χ3v) is 4.09. The Morgan fingerprint density at radius 1 is 1.35 bits per heavy atom. The van der Waals surface area contributed by atoms with Crippen LogP contribution < -0.4 is 5.32 Å². The Kier molecular flexibility index (Phi) is 3.95. The summed E-state index contributed by atoms with van der Waals surface area (Å²) in [5.41, 5.74) is 1.84. The van der Waals surface area contributed by atoms with Crippen LogP contribution in [-0.4, -0.2) is 16.0 Å². The first-order valence-corrected chi connectivity index (χ1v) is 7.37. The third kappa shape index (κ3) is 3.35. The summed E-state index contributed by atoms with van der Waals surface area (Å²) in [5.74, 6) is 0. The van der Waals surface area contributed by atoms with E-state index in [9.17, 15) is 5.26 Å². The molecule has 0 aliphatic heterocycles. The van der Waals surface area contributed by atoms with Crippen molar-refractivity contribution in [3.63, 3.8) is 0 Å². The van der Waals surface area contributed by atoms with Gasteiger partial charge in [-0.25, -0.2) is 4.98 Å². The normalized spacial score (nSPS) is 13.9. The molecule has 1 aliphatic rings. The molecule has 100 valence electrons. The van der Waals surface area contributed by atoms with Crippen LogP contribution >= 0.6 is 11.8 Å². The highest BCUT2D eigenvalue weighted by atomic mass is 32.2. The van der Waals surface area contributed by atoms with E-state index >= 15 is 0 Å². The molecule has 0 amide bonds. The maximum absolute atomic E-state index is 9.29. The molecule has 1 fully saturated rings. The van der Waals surface area contributed by atoms with Gasteiger partial charge in [0.25, 0.3) is 0 Å². The van der Waals surface area contributed by atoms with Crippen LogP contribution in [0.4, 0.5) is 0 Å². The molecule has 3 rings (SSSR count). The third-order valence-electron chi connectivity index (χ3n) is 3.09. The molecule has 0 radical (unpaired) electrons. The summed E-state index contributed by atoms with van der Waals surface area (Å²) in [6.07, 6.45) is 7.54. The van der Waals surface area contributed by atoms with Crippen molar-refractivity contribution in [3.8, 4) is 6.07 Å². The minimum atomic E-state index is 0.675. The molecule has 1 saturated carbocycles. The molecule has 0 spiro atoms. The van der Waals surface area contributed by atoms with Crippen LogP contribution in [0.2, 0.25) is 0 Å². The minimum Gasteiger partial charge on any atom is -0.310 e. The Balaban J connectivity index is 1.75. The molecule has 1 N–H and O–H groups in total. The highest BCUT2D eigenvalue weighted by molar-refractivity contribution is 7.99.